The summed E-state index contributed by atoms with van der Waals surface area (Å²) in [6, 6.07) is 0.472. The standard InChI is InChI=1S/C13H23NO/c1-10(15)14-13-7-5-12(6-8-13)9-11-3-2-4-11/h11-13H,2-9H2,1H3,(H,14,15)/t12-,13+. The summed E-state index contributed by atoms with van der Waals surface area (Å²) in [5.41, 5.74) is 0. The second-order valence-electron chi connectivity index (χ2n) is 5.45. The molecule has 0 heterocycles. The van der Waals surface area contributed by atoms with Crippen molar-refractivity contribution >= 4 is 5.91 Å². The van der Waals surface area contributed by atoms with E-state index in [0.717, 1.165) is 11.8 Å². The molecule has 2 rings (SSSR count). The fourth-order valence-corrected chi connectivity index (χ4v) is 3.03. The Labute approximate surface area is 92.8 Å². The number of carbonyl (C=O) groups is 1. The number of hydrogen-bond donors (Lipinski definition) is 1. The minimum atomic E-state index is 0.137. The van der Waals surface area contributed by atoms with Gasteiger partial charge in [-0.1, -0.05) is 19.3 Å². The lowest BCUT2D eigenvalue weighted by Crippen LogP contribution is -2.36. The van der Waals surface area contributed by atoms with Crippen molar-refractivity contribution in [2.45, 2.75) is 64.3 Å². The highest BCUT2D eigenvalue weighted by atomic mass is 16.1. The Balaban J connectivity index is 1.64. The van der Waals surface area contributed by atoms with Crippen LogP contribution in [0.25, 0.3) is 0 Å². The van der Waals surface area contributed by atoms with Gasteiger partial charge in [-0.05, 0) is 43.9 Å². The van der Waals surface area contributed by atoms with Gasteiger partial charge in [-0.2, -0.15) is 0 Å². The van der Waals surface area contributed by atoms with Gasteiger partial charge < -0.3 is 5.32 Å². The van der Waals surface area contributed by atoms with Gasteiger partial charge in [0.1, 0.15) is 0 Å². The van der Waals surface area contributed by atoms with Crippen LogP contribution in [0.1, 0.15) is 58.3 Å². The molecular weight excluding hydrogens is 186 g/mol. The normalized spacial score (nSPS) is 32.1. The zero-order valence-electron chi connectivity index (χ0n) is 9.80. The van der Waals surface area contributed by atoms with Gasteiger partial charge in [0.2, 0.25) is 5.91 Å². The lowest BCUT2D eigenvalue weighted by molar-refractivity contribution is -0.119. The summed E-state index contributed by atoms with van der Waals surface area (Å²) in [7, 11) is 0. The molecule has 0 unspecified atom stereocenters. The Bertz CT molecular complexity index is 215. The smallest absolute Gasteiger partial charge is 0.217 e. The molecule has 15 heavy (non-hydrogen) atoms. The molecule has 1 N–H and O–H groups in total. The van der Waals surface area contributed by atoms with Gasteiger partial charge in [-0.3, -0.25) is 4.79 Å². The van der Waals surface area contributed by atoms with Gasteiger partial charge in [-0.25, -0.2) is 0 Å². The number of amides is 1. The van der Waals surface area contributed by atoms with Crippen molar-refractivity contribution in [1.82, 2.24) is 5.32 Å². The van der Waals surface area contributed by atoms with Crippen LogP contribution in [0.5, 0.6) is 0 Å². The largest absolute Gasteiger partial charge is 0.354 e. The first-order valence-electron chi connectivity index (χ1n) is 6.51. The molecular formula is C13H23NO. The van der Waals surface area contributed by atoms with E-state index in [-0.39, 0.29) is 5.91 Å². The van der Waals surface area contributed by atoms with Crippen molar-refractivity contribution < 1.29 is 4.79 Å². The Morgan fingerprint density at radius 2 is 1.67 bits per heavy atom. The van der Waals surface area contributed by atoms with E-state index in [1.54, 1.807) is 6.92 Å². The van der Waals surface area contributed by atoms with E-state index in [2.05, 4.69) is 5.32 Å². The highest BCUT2D eigenvalue weighted by Crippen LogP contribution is 2.37. The van der Waals surface area contributed by atoms with Gasteiger partial charge in [0.25, 0.3) is 0 Å². The molecule has 0 aromatic rings. The van der Waals surface area contributed by atoms with Gasteiger partial charge in [-0.15, -0.1) is 0 Å². The third-order valence-electron chi connectivity index (χ3n) is 4.15. The molecule has 0 atom stereocenters. The molecule has 2 heteroatoms. The van der Waals surface area contributed by atoms with Crippen LogP contribution in [0.3, 0.4) is 0 Å². The molecule has 0 aliphatic heterocycles. The Hall–Kier alpha value is -0.530. The Kier molecular flexibility index (Phi) is 3.66. The number of rotatable bonds is 3. The van der Waals surface area contributed by atoms with Crippen molar-refractivity contribution in [3.63, 3.8) is 0 Å². The maximum atomic E-state index is 10.9. The second kappa shape index (κ2) is 5.00. The van der Waals surface area contributed by atoms with E-state index in [9.17, 15) is 4.79 Å². The highest BCUT2D eigenvalue weighted by molar-refractivity contribution is 5.73. The highest BCUT2D eigenvalue weighted by Gasteiger charge is 2.26. The van der Waals surface area contributed by atoms with Gasteiger partial charge in [0.05, 0.1) is 0 Å². The summed E-state index contributed by atoms with van der Waals surface area (Å²) in [4.78, 5) is 10.9. The third-order valence-corrected chi connectivity index (χ3v) is 4.15. The first-order valence-corrected chi connectivity index (χ1v) is 6.51. The number of carbonyl (C=O) groups excluding carboxylic acids is 1. The summed E-state index contributed by atoms with van der Waals surface area (Å²) < 4.78 is 0. The first kappa shape index (κ1) is 11.0. The van der Waals surface area contributed by atoms with Crippen molar-refractivity contribution in [3.8, 4) is 0 Å². The van der Waals surface area contributed by atoms with Crippen LogP contribution in [0.2, 0.25) is 0 Å². The van der Waals surface area contributed by atoms with Crippen molar-refractivity contribution in [2.24, 2.45) is 11.8 Å². The van der Waals surface area contributed by atoms with E-state index in [0.29, 0.717) is 6.04 Å². The van der Waals surface area contributed by atoms with E-state index in [4.69, 9.17) is 0 Å². The average Bonchev–Trinajstić information content (AvgIpc) is 2.13. The fourth-order valence-electron chi connectivity index (χ4n) is 3.03. The minimum Gasteiger partial charge on any atom is -0.354 e. The van der Waals surface area contributed by atoms with Crippen LogP contribution in [-0.2, 0) is 4.79 Å². The molecule has 2 saturated carbocycles. The summed E-state index contributed by atoms with van der Waals surface area (Å²) in [5, 5.41) is 3.04. The van der Waals surface area contributed by atoms with Crippen LogP contribution in [-0.4, -0.2) is 11.9 Å². The van der Waals surface area contributed by atoms with Crippen molar-refractivity contribution in [1.29, 1.82) is 0 Å². The SMILES string of the molecule is CC(=O)N[C@H]1CC[C@@H](CC2CCC2)CC1. The third kappa shape index (κ3) is 3.22. The van der Waals surface area contributed by atoms with Gasteiger partial charge in [0.15, 0.2) is 0 Å². The van der Waals surface area contributed by atoms with Crippen LogP contribution < -0.4 is 5.32 Å². The average molecular weight is 209 g/mol. The lowest BCUT2D eigenvalue weighted by atomic mass is 9.74. The monoisotopic (exact) mass is 209 g/mol. The zero-order valence-corrected chi connectivity index (χ0v) is 9.80. The molecule has 0 radical (unpaired) electrons. The lowest BCUT2D eigenvalue weighted by Gasteiger charge is -2.34. The minimum absolute atomic E-state index is 0.137. The maximum Gasteiger partial charge on any atom is 0.217 e. The van der Waals surface area contributed by atoms with E-state index in [1.807, 2.05) is 0 Å². The second-order valence-corrected chi connectivity index (χ2v) is 5.45. The zero-order chi connectivity index (χ0) is 10.7. The van der Waals surface area contributed by atoms with Crippen LogP contribution in [0.4, 0.5) is 0 Å². The van der Waals surface area contributed by atoms with Crippen LogP contribution in [0.15, 0.2) is 0 Å². The van der Waals surface area contributed by atoms with Gasteiger partial charge in [0, 0.05) is 13.0 Å². The van der Waals surface area contributed by atoms with Crippen molar-refractivity contribution in [2.75, 3.05) is 0 Å². The molecule has 2 nitrogen and oxygen atoms in total. The fraction of sp³-hybridized carbons (Fsp3) is 0.923. The molecule has 0 aromatic carbocycles. The predicted octanol–water partition coefficient (Wildman–Crippen LogP) is 2.87. The summed E-state index contributed by atoms with van der Waals surface area (Å²) in [6.45, 7) is 1.63. The topological polar surface area (TPSA) is 29.1 Å². The summed E-state index contributed by atoms with van der Waals surface area (Å²) in [6.07, 6.45) is 11.0. The van der Waals surface area contributed by atoms with Crippen LogP contribution >= 0.6 is 0 Å². The number of nitrogens with one attached hydrogen (secondary N) is 1. The molecule has 0 spiro atoms. The molecule has 0 aromatic heterocycles. The Morgan fingerprint density at radius 3 is 2.13 bits per heavy atom. The molecule has 1 amide bonds. The predicted molar refractivity (Wildman–Crippen MR) is 61.5 cm³/mol. The summed E-state index contributed by atoms with van der Waals surface area (Å²) >= 11 is 0. The molecule has 86 valence electrons. The van der Waals surface area contributed by atoms with E-state index in [1.165, 1.54) is 51.4 Å². The van der Waals surface area contributed by atoms with E-state index < -0.39 is 0 Å². The van der Waals surface area contributed by atoms with Crippen LogP contribution in [0, 0.1) is 11.8 Å². The molecule has 2 aliphatic carbocycles. The first-order chi connectivity index (χ1) is 7.24. The number of hydrogen-bond acceptors (Lipinski definition) is 1. The van der Waals surface area contributed by atoms with Gasteiger partial charge >= 0.3 is 0 Å². The van der Waals surface area contributed by atoms with E-state index >= 15 is 0 Å². The molecule has 0 saturated heterocycles. The molecule has 2 fully saturated rings. The maximum absolute atomic E-state index is 10.9. The van der Waals surface area contributed by atoms with Crippen molar-refractivity contribution in [3.05, 3.63) is 0 Å². The Morgan fingerprint density at radius 1 is 1.07 bits per heavy atom. The quantitative estimate of drug-likeness (QED) is 0.761. The summed E-state index contributed by atoms with van der Waals surface area (Å²) in [5.74, 6) is 2.14. The molecule has 2 aliphatic rings. The molecule has 0 bridgehead atoms.